The van der Waals surface area contributed by atoms with Crippen LogP contribution < -0.4 is 0 Å². The molecule has 0 aromatic rings. The van der Waals surface area contributed by atoms with E-state index in [2.05, 4.69) is 24.8 Å². The van der Waals surface area contributed by atoms with Gasteiger partial charge in [-0.25, -0.2) is 0 Å². The third-order valence-corrected chi connectivity index (χ3v) is 1.58. The minimum absolute atomic E-state index is 1.29. The maximum Gasteiger partial charge on any atom is -0.0111 e. The third-order valence-electron chi connectivity index (χ3n) is 1.58. The molecule has 38 valence electrons. The lowest BCUT2D eigenvalue weighted by atomic mass is 10.00. The minimum atomic E-state index is 1.29. The molecule has 0 amide bonds. The van der Waals surface area contributed by atoms with E-state index in [0.29, 0.717) is 0 Å². The average molecular weight is 102 g/mol. The first-order valence-corrected chi connectivity index (χ1v) is 2.68. The van der Waals surface area contributed by atoms with Crippen LogP contribution in [-0.4, -0.2) is 0 Å². The smallest absolute Gasteiger partial charge is 0.0111 e. The van der Waals surface area contributed by atoms with Crippen molar-refractivity contribution < 1.29 is 0 Å². The lowest BCUT2D eigenvalue weighted by molar-refractivity contribution is 1.35. The number of hydrogen-bond donors (Lipinski definition) is 0. The van der Waals surface area contributed by atoms with Gasteiger partial charge in [0, 0.05) is 0 Å². The Labute approximate surface area is 47.8 Å². The summed E-state index contributed by atoms with van der Waals surface area (Å²) in [6, 6.07) is 6.37. The van der Waals surface area contributed by atoms with E-state index in [4.69, 9.17) is 0 Å². The summed E-state index contributed by atoms with van der Waals surface area (Å²) in [6.07, 6.45) is 1.89. The van der Waals surface area contributed by atoms with Gasteiger partial charge in [-0.3, -0.25) is 0 Å². The van der Waals surface area contributed by atoms with Gasteiger partial charge >= 0.3 is 0 Å². The summed E-state index contributed by atoms with van der Waals surface area (Å²) in [5.41, 5.74) is 1.29. The second kappa shape index (κ2) is 1.03. The summed E-state index contributed by atoms with van der Waals surface area (Å²) >= 11 is 0. The van der Waals surface area contributed by atoms with Crippen LogP contribution in [-0.2, 0) is 0 Å². The van der Waals surface area contributed by atoms with Crippen LogP contribution in [0.25, 0.3) is 6.08 Å². The zero-order valence-electron chi connectivity index (χ0n) is 4.52. The molecule has 0 aromatic heterocycles. The molecule has 0 atom stereocenters. The minimum Gasteiger partial charge on any atom is -0.0984 e. The lowest BCUT2D eigenvalue weighted by Crippen LogP contribution is -1.89. The Hall–Kier alpha value is -1.04. The molecule has 0 saturated heterocycles. The van der Waals surface area contributed by atoms with E-state index in [1.807, 2.05) is 6.08 Å². The molecule has 0 bridgehead atoms. The molecule has 0 N–H and O–H groups in total. The Morgan fingerprint density at radius 2 is 2.25 bits per heavy atom. The summed E-state index contributed by atoms with van der Waals surface area (Å²) in [5.74, 6) is 0. The van der Waals surface area contributed by atoms with Gasteiger partial charge in [-0.05, 0) is 22.1 Å². The van der Waals surface area contributed by atoms with Crippen LogP contribution in [0.1, 0.15) is 5.56 Å². The van der Waals surface area contributed by atoms with Crippen molar-refractivity contribution >= 4 is 6.08 Å². The summed E-state index contributed by atoms with van der Waals surface area (Å²) < 4.78 is 0. The van der Waals surface area contributed by atoms with Crippen LogP contribution in [0.2, 0.25) is 0 Å². The first kappa shape index (κ1) is 3.90. The maximum atomic E-state index is 3.67. The number of benzene rings is 1. The molecule has 8 heavy (non-hydrogen) atoms. The molecule has 0 heterocycles. The summed E-state index contributed by atoms with van der Waals surface area (Å²) in [4.78, 5) is 0. The number of hydrogen-bond acceptors (Lipinski definition) is 0. The van der Waals surface area contributed by atoms with Gasteiger partial charge < -0.3 is 0 Å². The molecular formula is C8H6. The number of rotatable bonds is 1. The molecule has 2 rings (SSSR count). The van der Waals surface area contributed by atoms with Gasteiger partial charge in [0.25, 0.3) is 0 Å². The van der Waals surface area contributed by atoms with Crippen molar-refractivity contribution in [1.82, 2.24) is 0 Å². The molecule has 0 aliphatic heterocycles. The van der Waals surface area contributed by atoms with Gasteiger partial charge in [0.1, 0.15) is 0 Å². The molecule has 0 spiro atoms. The van der Waals surface area contributed by atoms with Gasteiger partial charge in [-0.1, -0.05) is 24.8 Å². The largest absolute Gasteiger partial charge is 0.0984 e. The highest BCUT2D eigenvalue weighted by molar-refractivity contribution is 5.53. The summed E-state index contributed by atoms with van der Waals surface area (Å²) in [5, 5.41) is 2.78. The average Bonchev–Trinajstić information content (AvgIpc) is 1.76. The molecule has 0 heteroatoms. The zero-order chi connectivity index (χ0) is 5.56. The van der Waals surface area contributed by atoms with Crippen molar-refractivity contribution in [3.63, 3.8) is 0 Å². The van der Waals surface area contributed by atoms with Crippen molar-refractivity contribution in [2.45, 2.75) is 0 Å². The second-order valence-electron chi connectivity index (χ2n) is 2.01. The Morgan fingerprint density at radius 3 is 2.38 bits per heavy atom. The van der Waals surface area contributed by atoms with E-state index in [9.17, 15) is 0 Å². The van der Waals surface area contributed by atoms with Crippen LogP contribution in [0, 0.1) is 10.4 Å². The molecule has 0 radical (unpaired) electrons. The standard InChI is InChI=1S/C8H6/c1-2-6-5-7-3-4-8(6)7/h2-5H,1H2. The predicted octanol–water partition coefficient (Wildman–Crippen LogP) is 1.93. The molecule has 0 unspecified atom stereocenters. The molecule has 0 fully saturated rings. The monoisotopic (exact) mass is 102 g/mol. The fourth-order valence-electron chi connectivity index (χ4n) is 0.988. The van der Waals surface area contributed by atoms with Crippen molar-refractivity contribution in [1.29, 1.82) is 0 Å². The van der Waals surface area contributed by atoms with Crippen molar-refractivity contribution in [2.24, 2.45) is 0 Å². The molecule has 0 aromatic carbocycles. The van der Waals surface area contributed by atoms with E-state index in [1.54, 1.807) is 0 Å². The van der Waals surface area contributed by atoms with E-state index in [0.717, 1.165) is 0 Å². The van der Waals surface area contributed by atoms with E-state index < -0.39 is 0 Å². The van der Waals surface area contributed by atoms with Crippen molar-refractivity contribution in [3.8, 4) is 0 Å². The fourth-order valence-corrected chi connectivity index (χ4v) is 0.988. The molecule has 2 aliphatic rings. The molecule has 0 saturated carbocycles. The van der Waals surface area contributed by atoms with Gasteiger partial charge in [0.2, 0.25) is 0 Å². The molecular weight excluding hydrogens is 96.1 g/mol. The van der Waals surface area contributed by atoms with Crippen molar-refractivity contribution in [2.75, 3.05) is 0 Å². The van der Waals surface area contributed by atoms with Gasteiger partial charge in [-0.2, -0.15) is 0 Å². The highest BCUT2D eigenvalue weighted by Crippen LogP contribution is 2.15. The lowest BCUT2D eigenvalue weighted by Gasteiger charge is -2.05. The molecule has 2 aliphatic carbocycles. The zero-order valence-corrected chi connectivity index (χ0v) is 4.52. The van der Waals surface area contributed by atoms with E-state index in [-0.39, 0.29) is 0 Å². The predicted molar refractivity (Wildman–Crippen MR) is 34.2 cm³/mol. The Balaban J connectivity index is 2.79. The highest BCUT2D eigenvalue weighted by Gasteiger charge is 1.99. The van der Waals surface area contributed by atoms with Crippen LogP contribution in [0.3, 0.4) is 0 Å². The van der Waals surface area contributed by atoms with Crippen LogP contribution in [0.15, 0.2) is 24.8 Å². The summed E-state index contributed by atoms with van der Waals surface area (Å²) in [6.45, 7) is 3.67. The second-order valence-corrected chi connectivity index (χ2v) is 2.01. The van der Waals surface area contributed by atoms with Crippen molar-refractivity contribution in [3.05, 3.63) is 40.8 Å². The third kappa shape index (κ3) is 0.241. The first-order chi connectivity index (χ1) is 3.92. The Bertz CT molecular complexity index is 320. The van der Waals surface area contributed by atoms with Gasteiger partial charge in [0.15, 0.2) is 0 Å². The van der Waals surface area contributed by atoms with Crippen LogP contribution in [0.4, 0.5) is 0 Å². The fraction of sp³-hybridized carbons (Fsp3) is 0. The van der Waals surface area contributed by atoms with Gasteiger partial charge in [0.05, 0.1) is 0 Å². The Morgan fingerprint density at radius 1 is 1.38 bits per heavy atom. The van der Waals surface area contributed by atoms with Crippen LogP contribution in [0.5, 0.6) is 0 Å². The van der Waals surface area contributed by atoms with Gasteiger partial charge in [-0.15, -0.1) is 0 Å². The topological polar surface area (TPSA) is 0 Å². The van der Waals surface area contributed by atoms with Crippen LogP contribution >= 0.6 is 0 Å². The summed E-state index contributed by atoms with van der Waals surface area (Å²) in [7, 11) is 0. The van der Waals surface area contributed by atoms with E-state index >= 15 is 0 Å². The molecule has 0 nitrogen and oxygen atoms in total. The quantitative estimate of drug-likeness (QED) is 0.516. The van der Waals surface area contributed by atoms with E-state index in [1.165, 1.54) is 16.0 Å². The Kier molecular flexibility index (Phi) is 0.500. The SMILES string of the molecule is C=Cc1cc2ccc1=2. The normalized spacial score (nSPS) is 11.0. The first-order valence-electron chi connectivity index (χ1n) is 2.68. The maximum absolute atomic E-state index is 3.67. The highest BCUT2D eigenvalue weighted by atomic mass is 14.0.